The molecule has 0 spiro atoms. The van der Waals surface area contributed by atoms with E-state index >= 15 is 0 Å². The van der Waals surface area contributed by atoms with Crippen LogP contribution >= 0.6 is 0 Å². The van der Waals surface area contributed by atoms with Gasteiger partial charge in [-0.3, -0.25) is 0 Å². The average molecular weight is 220 g/mol. The fourth-order valence-electron chi connectivity index (χ4n) is 4.86. The highest BCUT2D eigenvalue weighted by Gasteiger charge is 2.65. The van der Waals surface area contributed by atoms with Crippen LogP contribution in [0, 0.1) is 23.7 Å². The van der Waals surface area contributed by atoms with Gasteiger partial charge in [-0.15, -0.1) is 0 Å². The molecule has 0 aromatic rings. The van der Waals surface area contributed by atoms with Crippen LogP contribution in [0.4, 0.5) is 0 Å². The molecular weight excluding hydrogens is 204 g/mol. The summed E-state index contributed by atoms with van der Waals surface area (Å²) < 4.78 is 18.2. The Morgan fingerprint density at radius 2 is 1.75 bits per heavy atom. The Kier molecular flexibility index (Phi) is 1.38. The molecular formula is C13H16O3. The summed E-state index contributed by atoms with van der Waals surface area (Å²) in [6.45, 7) is 2.19. The maximum atomic E-state index is 6.11. The van der Waals surface area contributed by atoms with Crippen molar-refractivity contribution >= 4 is 0 Å². The zero-order valence-electron chi connectivity index (χ0n) is 9.34. The minimum absolute atomic E-state index is 0.0115. The predicted molar refractivity (Wildman–Crippen MR) is 55.4 cm³/mol. The summed E-state index contributed by atoms with van der Waals surface area (Å²) in [5.41, 5.74) is 1.37. The Balaban J connectivity index is 1.76. The molecule has 0 N–H and O–H groups in total. The molecule has 0 unspecified atom stereocenters. The zero-order chi connectivity index (χ0) is 10.4. The predicted octanol–water partition coefficient (Wildman–Crippen LogP) is 1.68. The quantitative estimate of drug-likeness (QED) is 0.581. The third kappa shape index (κ3) is 0.783. The van der Waals surface area contributed by atoms with Crippen LogP contribution in [0.3, 0.4) is 0 Å². The van der Waals surface area contributed by atoms with Gasteiger partial charge < -0.3 is 14.2 Å². The highest BCUT2D eigenvalue weighted by molar-refractivity contribution is 5.24. The van der Waals surface area contributed by atoms with E-state index in [1.54, 1.807) is 0 Å². The van der Waals surface area contributed by atoms with E-state index in [0.717, 1.165) is 0 Å². The van der Waals surface area contributed by atoms with E-state index in [-0.39, 0.29) is 12.6 Å². The van der Waals surface area contributed by atoms with Crippen LogP contribution in [0.1, 0.15) is 19.8 Å². The van der Waals surface area contributed by atoms with Gasteiger partial charge in [0.2, 0.25) is 0 Å². The van der Waals surface area contributed by atoms with Crippen molar-refractivity contribution < 1.29 is 14.2 Å². The fraction of sp³-hybridized carbons (Fsp3) is 0.846. The van der Waals surface area contributed by atoms with E-state index in [1.807, 2.05) is 0 Å². The first kappa shape index (κ1) is 8.67. The molecule has 4 saturated heterocycles. The van der Waals surface area contributed by atoms with Crippen molar-refractivity contribution in [3.8, 4) is 0 Å². The third-order valence-corrected chi connectivity index (χ3v) is 5.41. The number of ether oxygens (including phenoxy) is 3. The number of fused-ring (bicyclic) bond motifs is 1. The van der Waals surface area contributed by atoms with Gasteiger partial charge >= 0.3 is 0 Å². The topological polar surface area (TPSA) is 27.7 Å². The van der Waals surface area contributed by atoms with E-state index in [9.17, 15) is 0 Å². The lowest BCUT2D eigenvalue weighted by molar-refractivity contribution is -0.238. The van der Waals surface area contributed by atoms with Crippen LogP contribution in [0.15, 0.2) is 11.6 Å². The smallest absolute Gasteiger partial charge is 0.164 e. The van der Waals surface area contributed by atoms with Crippen molar-refractivity contribution in [2.75, 3.05) is 0 Å². The molecule has 16 heavy (non-hydrogen) atoms. The monoisotopic (exact) mass is 220 g/mol. The van der Waals surface area contributed by atoms with Gasteiger partial charge in [0.15, 0.2) is 12.6 Å². The highest BCUT2D eigenvalue weighted by Crippen LogP contribution is 2.61. The molecule has 6 rings (SSSR count). The number of hydrogen-bond acceptors (Lipinski definition) is 3. The first-order chi connectivity index (χ1) is 7.83. The Labute approximate surface area is 94.7 Å². The second kappa shape index (κ2) is 2.55. The molecule has 5 fully saturated rings. The SMILES string of the molecule is CC1=C[C@@H]2O[C@@H]3O[C@@H]4O[C@H]1[C@@H]1[C@@H]4CC[C@@H]3[C@H]12. The first-order valence-electron chi connectivity index (χ1n) is 6.47. The lowest BCUT2D eigenvalue weighted by Crippen LogP contribution is -2.43. The molecule has 86 valence electrons. The lowest BCUT2D eigenvalue weighted by Gasteiger charge is -2.40. The van der Waals surface area contributed by atoms with Crippen LogP contribution in [-0.2, 0) is 14.2 Å². The lowest BCUT2D eigenvalue weighted by atomic mass is 9.62. The molecule has 4 aliphatic heterocycles. The minimum Gasteiger partial charge on any atom is -0.345 e. The van der Waals surface area contributed by atoms with Gasteiger partial charge in [0, 0.05) is 23.7 Å². The molecule has 0 aromatic carbocycles. The molecule has 3 nitrogen and oxygen atoms in total. The maximum Gasteiger partial charge on any atom is 0.164 e. The standard InChI is InChI=1S/C13H16O3/c1-5-4-8-9-6-2-3-7-10(9)11(5)15-13(7)16-12(6)14-8/h4,6-13H,2-3H2,1H3/t6-,7+,8+,9+,10-,11-,12-,13+/m1/s1. The van der Waals surface area contributed by atoms with Gasteiger partial charge in [-0.25, -0.2) is 0 Å². The molecule has 1 saturated carbocycles. The van der Waals surface area contributed by atoms with Gasteiger partial charge in [-0.05, 0) is 25.3 Å². The van der Waals surface area contributed by atoms with Gasteiger partial charge in [-0.1, -0.05) is 6.08 Å². The van der Waals surface area contributed by atoms with Crippen molar-refractivity contribution in [1.29, 1.82) is 0 Å². The average Bonchev–Trinajstić information content (AvgIpc) is 2.74. The van der Waals surface area contributed by atoms with E-state index in [1.165, 1.54) is 18.4 Å². The van der Waals surface area contributed by atoms with Crippen molar-refractivity contribution in [3.05, 3.63) is 11.6 Å². The van der Waals surface area contributed by atoms with Gasteiger partial charge in [0.25, 0.3) is 0 Å². The summed E-state index contributed by atoms with van der Waals surface area (Å²) in [7, 11) is 0. The second-order valence-electron chi connectivity index (χ2n) is 6.00. The normalized spacial score (nSPS) is 64.9. The second-order valence-corrected chi connectivity index (χ2v) is 6.00. The largest absolute Gasteiger partial charge is 0.345 e. The van der Waals surface area contributed by atoms with E-state index in [2.05, 4.69) is 13.0 Å². The summed E-state index contributed by atoms with van der Waals surface area (Å²) in [4.78, 5) is 0. The Hall–Kier alpha value is -0.380. The van der Waals surface area contributed by atoms with Crippen molar-refractivity contribution in [2.24, 2.45) is 23.7 Å². The van der Waals surface area contributed by atoms with Crippen LogP contribution in [0.2, 0.25) is 0 Å². The molecule has 4 heterocycles. The highest BCUT2D eigenvalue weighted by atomic mass is 16.8. The van der Waals surface area contributed by atoms with Crippen LogP contribution in [0.25, 0.3) is 0 Å². The van der Waals surface area contributed by atoms with Crippen molar-refractivity contribution in [2.45, 2.75) is 44.6 Å². The van der Waals surface area contributed by atoms with E-state index in [0.29, 0.717) is 35.9 Å². The van der Waals surface area contributed by atoms with Gasteiger partial charge in [-0.2, -0.15) is 0 Å². The Morgan fingerprint density at radius 1 is 1.00 bits per heavy atom. The van der Waals surface area contributed by atoms with E-state index < -0.39 is 0 Å². The first-order valence-corrected chi connectivity index (χ1v) is 6.47. The molecule has 3 heteroatoms. The van der Waals surface area contributed by atoms with Crippen LogP contribution in [-0.4, -0.2) is 24.8 Å². The maximum absolute atomic E-state index is 6.11. The summed E-state index contributed by atoms with van der Waals surface area (Å²) in [5.74, 6) is 2.61. The van der Waals surface area contributed by atoms with Crippen LogP contribution < -0.4 is 0 Å². The number of hydrogen-bond donors (Lipinski definition) is 0. The zero-order valence-corrected chi connectivity index (χ0v) is 9.34. The summed E-state index contributed by atoms with van der Waals surface area (Å²) >= 11 is 0. The minimum atomic E-state index is 0.0115. The third-order valence-electron chi connectivity index (χ3n) is 5.41. The van der Waals surface area contributed by atoms with Crippen molar-refractivity contribution in [1.82, 2.24) is 0 Å². The fourth-order valence-corrected chi connectivity index (χ4v) is 4.86. The summed E-state index contributed by atoms with van der Waals surface area (Å²) in [6.07, 6.45) is 5.48. The Morgan fingerprint density at radius 3 is 2.62 bits per heavy atom. The van der Waals surface area contributed by atoms with Crippen molar-refractivity contribution in [3.63, 3.8) is 0 Å². The molecule has 0 radical (unpaired) electrons. The van der Waals surface area contributed by atoms with Crippen LogP contribution in [0.5, 0.6) is 0 Å². The Bertz CT molecular complexity index is 391. The molecule has 0 aromatic heterocycles. The molecule has 6 bridgehead atoms. The molecule has 8 atom stereocenters. The molecule has 0 amide bonds. The van der Waals surface area contributed by atoms with E-state index in [4.69, 9.17) is 14.2 Å². The summed E-state index contributed by atoms with van der Waals surface area (Å²) in [5, 5.41) is 0. The van der Waals surface area contributed by atoms with Gasteiger partial charge in [0.05, 0.1) is 12.2 Å². The summed E-state index contributed by atoms with van der Waals surface area (Å²) in [6, 6.07) is 0. The van der Waals surface area contributed by atoms with Gasteiger partial charge in [0.1, 0.15) is 0 Å². The molecule has 6 aliphatic rings. The molecule has 2 aliphatic carbocycles. The number of rotatable bonds is 0.